The predicted octanol–water partition coefficient (Wildman–Crippen LogP) is 5.44. The molecule has 2 aromatic rings. The normalized spacial score (nSPS) is 25.2. The zero-order valence-electron chi connectivity index (χ0n) is 16.2. The summed E-state index contributed by atoms with van der Waals surface area (Å²) in [7, 11) is 1.65. The summed E-state index contributed by atoms with van der Waals surface area (Å²) in [4.78, 5) is 6.79. The first kappa shape index (κ1) is 19.4. The standard InChI is InChI=1S/C23H26ClFN2O/c1-28-23-19(11-20(24)12-26-23)15-27-13-17-6-4-7-18(14-27)21(17)10-9-16-5-2-3-8-22(16)25/h2-3,5,8-12,17-18,21H,4,6-7,13-15H2,1H3/b10-9+/t17-,18+,21?. The fourth-order valence-electron chi connectivity index (χ4n) is 4.85. The van der Waals surface area contributed by atoms with Crippen molar-refractivity contribution in [2.24, 2.45) is 17.8 Å². The smallest absolute Gasteiger partial charge is 0.217 e. The molecule has 1 unspecified atom stereocenters. The van der Waals surface area contributed by atoms with E-state index in [1.807, 2.05) is 24.3 Å². The Labute approximate surface area is 171 Å². The van der Waals surface area contributed by atoms with Crippen LogP contribution in [0, 0.1) is 23.6 Å². The van der Waals surface area contributed by atoms with Crippen molar-refractivity contribution < 1.29 is 9.13 Å². The van der Waals surface area contributed by atoms with Gasteiger partial charge in [-0.05, 0) is 42.7 Å². The Morgan fingerprint density at radius 1 is 1.25 bits per heavy atom. The van der Waals surface area contributed by atoms with E-state index in [4.69, 9.17) is 16.3 Å². The first-order valence-corrected chi connectivity index (χ1v) is 10.4. The van der Waals surface area contributed by atoms with Crippen molar-refractivity contribution in [3.63, 3.8) is 0 Å². The molecule has 5 heteroatoms. The van der Waals surface area contributed by atoms with E-state index in [1.165, 1.54) is 25.3 Å². The van der Waals surface area contributed by atoms with E-state index in [-0.39, 0.29) is 5.82 Å². The number of methoxy groups -OCH3 is 1. The van der Waals surface area contributed by atoms with E-state index in [0.29, 0.717) is 34.2 Å². The molecule has 28 heavy (non-hydrogen) atoms. The SMILES string of the molecule is COc1ncc(Cl)cc1CN1C[C@H]2CCC[C@@H](C1)C2/C=C/c1ccccc1F. The number of aromatic nitrogens is 1. The largest absolute Gasteiger partial charge is 0.481 e. The van der Waals surface area contributed by atoms with E-state index >= 15 is 0 Å². The Balaban J connectivity index is 1.48. The van der Waals surface area contributed by atoms with Gasteiger partial charge in [-0.1, -0.05) is 48.4 Å². The average molecular weight is 401 g/mol. The zero-order valence-corrected chi connectivity index (χ0v) is 16.9. The van der Waals surface area contributed by atoms with Crippen LogP contribution in [-0.4, -0.2) is 30.1 Å². The number of pyridine rings is 1. The summed E-state index contributed by atoms with van der Waals surface area (Å²) in [5.74, 6) is 2.23. The van der Waals surface area contributed by atoms with Crippen molar-refractivity contribution in [3.05, 3.63) is 64.6 Å². The highest BCUT2D eigenvalue weighted by Gasteiger charge is 2.38. The Bertz CT molecular complexity index is 842. The second-order valence-electron chi connectivity index (χ2n) is 7.93. The van der Waals surface area contributed by atoms with Gasteiger partial charge in [0.15, 0.2) is 0 Å². The maximum absolute atomic E-state index is 14.0. The summed E-state index contributed by atoms with van der Waals surface area (Å²) in [6.45, 7) is 2.88. The minimum atomic E-state index is -0.151. The molecule has 2 bridgehead atoms. The number of nitrogens with zero attached hydrogens (tertiary/aromatic N) is 2. The van der Waals surface area contributed by atoms with Gasteiger partial charge in [0.1, 0.15) is 5.82 Å². The summed E-state index contributed by atoms with van der Waals surface area (Å²) in [6.07, 6.45) is 9.60. The maximum atomic E-state index is 14.0. The molecule has 148 valence electrons. The highest BCUT2D eigenvalue weighted by molar-refractivity contribution is 6.30. The summed E-state index contributed by atoms with van der Waals surface area (Å²) in [6, 6.07) is 8.94. The van der Waals surface area contributed by atoms with Crippen molar-refractivity contribution in [2.45, 2.75) is 25.8 Å². The van der Waals surface area contributed by atoms with Gasteiger partial charge in [0.2, 0.25) is 5.88 Å². The van der Waals surface area contributed by atoms with Crippen molar-refractivity contribution >= 4 is 17.7 Å². The van der Waals surface area contributed by atoms with Crippen LogP contribution in [0.3, 0.4) is 0 Å². The van der Waals surface area contributed by atoms with Gasteiger partial charge in [-0.2, -0.15) is 0 Å². The van der Waals surface area contributed by atoms with Gasteiger partial charge in [0, 0.05) is 37.0 Å². The van der Waals surface area contributed by atoms with Crippen LogP contribution in [0.25, 0.3) is 6.08 Å². The van der Waals surface area contributed by atoms with Crippen LogP contribution in [-0.2, 0) is 6.54 Å². The highest BCUT2D eigenvalue weighted by Crippen LogP contribution is 2.41. The second-order valence-corrected chi connectivity index (χ2v) is 8.36. The maximum Gasteiger partial charge on any atom is 0.217 e. The highest BCUT2D eigenvalue weighted by atomic mass is 35.5. The third-order valence-electron chi connectivity index (χ3n) is 6.11. The van der Waals surface area contributed by atoms with E-state index in [1.54, 1.807) is 19.4 Å². The van der Waals surface area contributed by atoms with Crippen molar-refractivity contribution in [1.29, 1.82) is 0 Å². The van der Waals surface area contributed by atoms with Crippen molar-refractivity contribution in [3.8, 4) is 5.88 Å². The molecule has 1 saturated carbocycles. The number of benzene rings is 1. The van der Waals surface area contributed by atoms with Gasteiger partial charge < -0.3 is 4.74 Å². The van der Waals surface area contributed by atoms with Crippen LogP contribution in [0.5, 0.6) is 5.88 Å². The number of fused-ring (bicyclic) bond motifs is 2. The van der Waals surface area contributed by atoms with Gasteiger partial charge in [0.05, 0.1) is 12.1 Å². The fraction of sp³-hybridized carbons (Fsp3) is 0.435. The van der Waals surface area contributed by atoms with Gasteiger partial charge >= 0.3 is 0 Å². The molecule has 1 aliphatic carbocycles. The Morgan fingerprint density at radius 2 is 2.00 bits per heavy atom. The van der Waals surface area contributed by atoms with Crippen molar-refractivity contribution in [1.82, 2.24) is 9.88 Å². The topological polar surface area (TPSA) is 25.4 Å². The average Bonchev–Trinajstić information content (AvgIpc) is 2.67. The quantitative estimate of drug-likeness (QED) is 0.667. The summed E-state index contributed by atoms with van der Waals surface area (Å²) in [5, 5.41) is 0.638. The monoisotopic (exact) mass is 400 g/mol. The van der Waals surface area contributed by atoms with E-state index in [2.05, 4.69) is 16.0 Å². The molecule has 4 rings (SSSR count). The number of ether oxygens (including phenoxy) is 1. The van der Waals surface area contributed by atoms with Crippen LogP contribution < -0.4 is 4.74 Å². The molecular formula is C23H26ClFN2O. The first-order valence-electron chi connectivity index (χ1n) is 9.97. The van der Waals surface area contributed by atoms with Crippen LogP contribution in [0.4, 0.5) is 4.39 Å². The number of halogens is 2. The van der Waals surface area contributed by atoms with Gasteiger partial charge in [-0.25, -0.2) is 9.37 Å². The van der Waals surface area contributed by atoms with E-state index < -0.39 is 0 Å². The molecule has 3 atom stereocenters. The lowest BCUT2D eigenvalue weighted by atomic mass is 9.68. The molecule has 2 fully saturated rings. The lowest BCUT2D eigenvalue weighted by Gasteiger charge is -2.46. The third kappa shape index (κ3) is 4.23. The molecular weight excluding hydrogens is 375 g/mol. The summed E-state index contributed by atoms with van der Waals surface area (Å²) < 4.78 is 19.4. The lowest BCUT2D eigenvalue weighted by molar-refractivity contribution is 0.0417. The van der Waals surface area contributed by atoms with Crippen LogP contribution in [0.1, 0.15) is 30.4 Å². The Kier molecular flexibility index (Phi) is 5.98. The minimum absolute atomic E-state index is 0.151. The van der Waals surface area contributed by atoms with Crippen LogP contribution >= 0.6 is 11.6 Å². The fourth-order valence-corrected chi connectivity index (χ4v) is 5.03. The molecule has 0 radical (unpaired) electrons. The van der Waals surface area contributed by atoms with E-state index in [0.717, 1.165) is 25.2 Å². The molecule has 2 heterocycles. The summed E-state index contributed by atoms with van der Waals surface area (Å²) in [5.41, 5.74) is 1.71. The minimum Gasteiger partial charge on any atom is -0.481 e. The Hall–Kier alpha value is -1.91. The zero-order chi connectivity index (χ0) is 19.5. The molecule has 0 amide bonds. The number of piperidine rings is 1. The van der Waals surface area contributed by atoms with Gasteiger partial charge in [-0.15, -0.1) is 0 Å². The number of rotatable bonds is 5. The van der Waals surface area contributed by atoms with Gasteiger partial charge in [-0.3, -0.25) is 4.90 Å². The third-order valence-corrected chi connectivity index (χ3v) is 6.31. The first-order chi connectivity index (χ1) is 13.6. The summed E-state index contributed by atoms with van der Waals surface area (Å²) >= 11 is 6.15. The number of hydrogen-bond acceptors (Lipinski definition) is 3. The van der Waals surface area contributed by atoms with Crippen LogP contribution in [0.2, 0.25) is 5.02 Å². The molecule has 1 aromatic heterocycles. The molecule has 1 aromatic carbocycles. The number of likely N-dealkylation sites (tertiary alicyclic amines) is 1. The Morgan fingerprint density at radius 3 is 2.71 bits per heavy atom. The number of allylic oxidation sites excluding steroid dienone is 1. The van der Waals surface area contributed by atoms with Crippen LogP contribution in [0.15, 0.2) is 42.6 Å². The molecule has 0 spiro atoms. The molecule has 3 nitrogen and oxygen atoms in total. The molecule has 2 aliphatic rings. The van der Waals surface area contributed by atoms with E-state index in [9.17, 15) is 4.39 Å². The molecule has 1 aliphatic heterocycles. The number of hydrogen-bond donors (Lipinski definition) is 0. The molecule has 1 saturated heterocycles. The van der Waals surface area contributed by atoms with Gasteiger partial charge in [0.25, 0.3) is 0 Å². The van der Waals surface area contributed by atoms with Crippen molar-refractivity contribution in [2.75, 3.05) is 20.2 Å². The second kappa shape index (κ2) is 8.62. The lowest BCUT2D eigenvalue weighted by Crippen LogP contribution is -2.47. The predicted molar refractivity (Wildman–Crippen MR) is 111 cm³/mol. The molecule has 0 N–H and O–H groups in total.